The molecule has 0 radical (unpaired) electrons. The van der Waals surface area contributed by atoms with Crippen LogP contribution >= 0.6 is 12.4 Å². The summed E-state index contributed by atoms with van der Waals surface area (Å²) >= 11 is 0. The first-order chi connectivity index (χ1) is 7.70. The van der Waals surface area contributed by atoms with Crippen molar-refractivity contribution < 1.29 is 4.79 Å². The number of nitrogens with two attached hydrogens (primary N) is 1. The van der Waals surface area contributed by atoms with Crippen molar-refractivity contribution in [1.29, 1.82) is 0 Å². The summed E-state index contributed by atoms with van der Waals surface area (Å²) in [6.45, 7) is 3.34. The van der Waals surface area contributed by atoms with E-state index in [0.717, 1.165) is 18.2 Å². The van der Waals surface area contributed by atoms with Crippen molar-refractivity contribution in [2.75, 3.05) is 6.54 Å². The number of rotatable bonds is 4. The van der Waals surface area contributed by atoms with E-state index in [0.29, 0.717) is 18.0 Å². The van der Waals surface area contributed by atoms with Crippen molar-refractivity contribution in [3.63, 3.8) is 0 Å². The number of pyridine rings is 1. The minimum absolute atomic E-state index is 0. The fraction of sp³-hybridized carbons (Fsp3) is 0.500. The monoisotopic (exact) mass is 255 g/mol. The minimum Gasteiger partial charge on any atom is -0.352 e. The van der Waals surface area contributed by atoms with Crippen LogP contribution in [-0.4, -0.2) is 17.4 Å². The molecule has 1 amide bonds. The standard InChI is InChI=1S/C12H17N3O.ClH/c1-8-4-10(8)7-15-12(16)9-2-3-14-11(5-9)6-13;/h2-3,5,8,10H,4,6-7,13H2,1H3,(H,15,16);1H. The Morgan fingerprint density at radius 2 is 2.35 bits per heavy atom. The molecule has 1 fully saturated rings. The topological polar surface area (TPSA) is 68.0 Å². The molecular formula is C12H18ClN3O. The van der Waals surface area contributed by atoms with Gasteiger partial charge in [0, 0.05) is 24.8 Å². The zero-order chi connectivity index (χ0) is 11.5. The number of nitrogens with one attached hydrogen (secondary N) is 1. The Morgan fingerprint density at radius 1 is 1.65 bits per heavy atom. The summed E-state index contributed by atoms with van der Waals surface area (Å²) < 4.78 is 0. The van der Waals surface area contributed by atoms with Crippen LogP contribution in [0.15, 0.2) is 18.3 Å². The Morgan fingerprint density at radius 3 is 2.94 bits per heavy atom. The SMILES string of the molecule is CC1CC1CNC(=O)c1ccnc(CN)c1.Cl. The van der Waals surface area contributed by atoms with Crippen molar-refractivity contribution in [2.45, 2.75) is 19.9 Å². The van der Waals surface area contributed by atoms with Gasteiger partial charge >= 0.3 is 0 Å². The van der Waals surface area contributed by atoms with Crippen LogP contribution in [0.25, 0.3) is 0 Å². The Labute approximate surface area is 107 Å². The largest absolute Gasteiger partial charge is 0.352 e. The van der Waals surface area contributed by atoms with E-state index < -0.39 is 0 Å². The lowest BCUT2D eigenvalue weighted by Gasteiger charge is -2.05. The van der Waals surface area contributed by atoms with Crippen molar-refractivity contribution in [1.82, 2.24) is 10.3 Å². The predicted molar refractivity (Wildman–Crippen MR) is 69.0 cm³/mol. The Hall–Kier alpha value is -1.13. The highest BCUT2D eigenvalue weighted by atomic mass is 35.5. The van der Waals surface area contributed by atoms with Gasteiger partial charge in [0.05, 0.1) is 5.69 Å². The Balaban J connectivity index is 0.00000144. The number of aromatic nitrogens is 1. The lowest BCUT2D eigenvalue weighted by Crippen LogP contribution is -2.26. The van der Waals surface area contributed by atoms with Gasteiger partial charge in [-0.1, -0.05) is 6.92 Å². The minimum atomic E-state index is -0.0313. The molecule has 94 valence electrons. The van der Waals surface area contributed by atoms with E-state index >= 15 is 0 Å². The summed E-state index contributed by atoms with van der Waals surface area (Å²) in [7, 11) is 0. The first-order valence-electron chi connectivity index (χ1n) is 5.64. The molecule has 1 aromatic rings. The maximum absolute atomic E-state index is 11.8. The van der Waals surface area contributed by atoms with Gasteiger partial charge in [-0.3, -0.25) is 9.78 Å². The van der Waals surface area contributed by atoms with Gasteiger partial charge in [-0.2, -0.15) is 0 Å². The molecule has 2 atom stereocenters. The number of carbonyl (C=O) groups excluding carboxylic acids is 1. The molecule has 1 aromatic heterocycles. The molecule has 0 spiro atoms. The van der Waals surface area contributed by atoms with Gasteiger partial charge in [-0.05, 0) is 30.4 Å². The molecule has 2 unspecified atom stereocenters. The van der Waals surface area contributed by atoms with E-state index in [-0.39, 0.29) is 18.3 Å². The molecule has 1 heterocycles. The van der Waals surface area contributed by atoms with Crippen molar-refractivity contribution >= 4 is 18.3 Å². The van der Waals surface area contributed by atoms with Crippen molar-refractivity contribution in [2.24, 2.45) is 17.6 Å². The van der Waals surface area contributed by atoms with E-state index in [4.69, 9.17) is 5.73 Å². The van der Waals surface area contributed by atoms with Gasteiger partial charge < -0.3 is 11.1 Å². The van der Waals surface area contributed by atoms with Crippen molar-refractivity contribution in [3.05, 3.63) is 29.6 Å². The molecule has 0 aliphatic heterocycles. The lowest BCUT2D eigenvalue weighted by molar-refractivity contribution is 0.0951. The van der Waals surface area contributed by atoms with Crippen LogP contribution in [0.2, 0.25) is 0 Å². The van der Waals surface area contributed by atoms with E-state index in [9.17, 15) is 4.79 Å². The number of hydrogen-bond donors (Lipinski definition) is 2. The summed E-state index contributed by atoms with van der Waals surface area (Å²) in [5.74, 6) is 1.40. The summed E-state index contributed by atoms with van der Waals surface area (Å²) in [5, 5.41) is 2.94. The van der Waals surface area contributed by atoms with Gasteiger partial charge in [0.2, 0.25) is 0 Å². The molecule has 1 aliphatic carbocycles. The second kappa shape index (κ2) is 5.98. The summed E-state index contributed by atoms with van der Waals surface area (Å²) in [6.07, 6.45) is 2.85. The number of nitrogens with zero attached hydrogens (tertiary/aromatic N) is 1. The van der Waals surface area contributed by atoms with Crippen LogP contribution in [0.3, 0.4) is 0 Å². The maximum Gasteiger partial charge on any atom is 0.251 e. The molecular weight excluding hydrogens is 238 g/mol. The second-order valence-corrected chi connectivity index (χ2v) is 4.42. The number of hydrogen-bond acceptors (Lipinski definition) is 3. The van der Waals surface area contributed by atoms with Gasteiger partial charge in [0.15, 0.2) is 0 Å². The molecule has 0 aromatic carbocycles. The van der Waals surface area contributed by atoms with E-state index in [1.54, 1.807) is 18.3 Å². The van der Waals surface area contributed by atoms with Crippen LogP contribution in [0, 0.1) is 11.8 Å². The molecule has 0 saturated heterocycles. The van der Waals surface area contributed by atoms with Gasteiger partial charge in [-0.25, -0.2) is 0 Å². The van der Waals surface area contributed by atoms with Gasteiger partial charge in [-0.15, -0.1) is 12.4 Å². The average Bonchev–Trinajstić information content (AvgIpc) is 3.02. The highest BCUT2D eigenvalue weighted by molar-refractivity contribution is 5.94. The highest BCUT2D eigenvalue weighted by Gasteiger charge is 2.32. The molecule has 4 nitrogen and oxygen atoms in total. The van der Waals surface area contributed by atoms with E-state index in [2.05, 4.69) is 17.2 Å². The van der Waals surface area contributed by atoms with Crippen LogP contribution in [-0.2, 0) is 6.54 Å². The lowest BCUT2D eigenvalue weighted by atomic mass is 10.2. The van der Waals surface area contributed by atoms with Gasteiger partial charge in [0.1, 0.15) is 0 Å². The van der Waals surface area contributed by atoms with E-state index in [1.165, 1.54) is 6.42 Å². The summed E-state index contributed by atoms with van der Waals surface area (Å²) in [4.78, 5) is 15.8. The third-order valence-electron chi connectivity index (χ3n) is 3.09. The van der Waals surface area contributed by atoms with Gasteiger partial charge in [0.25, 0.3) is 5.91 Å². The Bertz CT molecular complexity index is 397. The number of amides is 1. The Kier molecular flexibility index (Phi) is 4.90. The smallest absolute Gasteiger partial charge is 0.251 e. The molecule has 0 bridgehead atoms. The molecule has 1 saturated carbocycles. The quantitative estimate of drug-likeness (QED) is 0.853. The third kappa shape index (κ3) is 3.68. The summed E-state index contributed by atoms with van der Waals surface area (Å²) in [6, 6.07) is 3.45. The third-order valence-corrected chi connectivity index (χ3v) is 3.09. The van der Waals surface area contributed by atoms with E-state index in [1.807, 2.05) is 0 Å². The van der Waals surface area contributed by atoms with Crippen molar-refractivity contribution in [3.8, 4) is 0 Å². The number of halogens is 1. The first-order valence-corrected chi connectivity index (χ1v) is 5.64. The fourth-order valence-corrected chi connectivity index (χ4v) is 1.74. The number of carbonyl (C=O) groups is 1. The summed E-state index contributed by atoms with van der Waals surface area (Å²) in [5.41, 5.74) is 6.86. The fourth-order valence-electron chi connectivity index (χ4n) is 1.74. The molecule has 3 N–H and O–H groups in total. The predicted octanol–water partition coefficient (Wildman–Crippen LogP) is 1.35. The zero-order valence-corrected chi connectivity index (χ0v) is 10.7. The molecule has 1 aliphatic rings. The van der Waals surface area contributed by atoms with Crippen LogP contribution in [0.1, 0.15) is 29.4 Å². The first kappa shape index (κ1) is 13.9. The van der Waals surface area contributed by atoms with Crippen LogP contribution in [0.4, 0.5) is 0 Å². The average molecular weight is 256 g/mol. The normalized spacial score (nSPS) is 21.5. The molecule has 2 rings (SSSR count). The van der Waals surface area contributed by atoms with Crippen LogP contribution in [0.5, 0.6) is 0 Å². The second-order valence-electron chi connectivity index (χ2n) is 4.42. The van der Waals surface area contributed by atoms with Crippen LogP contribution < -0.4 is 11.1 Å². The zero-order valence-electron chi connectivity index (χ0n) is 9.85. The maximum atomic E-state index is 11.8. The highest BCUT2D eigenvalue weighted by Crippen LogP contribution is 2.36. The molecule has 17 heavy (non-hydrogen) atoms. The molecule has 5 heteroatoms.